The van der Waals surface area contributed by atoms with E-state index < -0.39 is 0 Å². The molecule has 3 nitrogen and oxygen atoms in total. The zero-order valence-electron chi connectivity index (χ0n) is 11.1. The molecule has 2 rings (SSSR count). The van der Waals surface area contributed by atoms with Gasteiger partial charge in [0, 0.05) is 36.8 Å². The van der Waals surface area contributed by atoms with Gasteiger partial charge in [0.05, 0.1) is 6.04 Å². The van der Waals surface area contributed by atoms with Crippen molar-refractivity contribution < 1.29 is 0 Å². The molecular formula is C13H23N3S. The molecule has 96 valence electrons. The van der Waals surface area contributed by atoms with Crippen molar-refractivity contribution in [3.8, 4) is 0 Å². The monoisotopic (exact) mass is 253 g/mol. The van der Waals surface area contributed by atoms with Crippen molar-refractivity contribution in [2.24, 2.45) is 0 Å². The lowest BCUT2D eigenvalue weighted by atomic mass is 9.89. The van der Waals surface area contributed by atoms with E-state index in [9.17, 15) is 0 Å². The molecule has 1 unspecified atom stereocenters. The molecule has 0 aromatic carbocycles. The number of rotatable bonds is 4. The van der Waals surface area contributed by atoms with Crippen LogP contribution < -0.4 is 5.32 Å². The Balaban J connectivity index is 2.07. The van der Waals surface area contributed by atoms with E-state index in [1.165, 1.54) is 17.8 Å². The molecule has 1 aliphatic heterocycles. The second-order valence-electron chi connectivity index (χ2n) is 4.93. The second-order valence-corrected chi connectivity index (χ2v) is 5.86. The van der Waals surface area contributed by atoms with Gasteiger partial charge in [-0.05, 0) is 19.8 Å². The van der Waals surface area contributed by atoms with Crippen LogP contribution in [0.5, 0.6) is 0 Å². The van der Waals surface area contributed by atoms with Gasteiger partial charge < -0.3 is 5.32 Å². The Morgan fingerprint density at radius 3 is 2.88 bits per heavy atom. The number of hydrogen-bond acceptors (Lipinski definition) is 4. The fourth-order valence-electron chi connectivity index (χ4n) is 2.64. The highest BCUT2D eigenvalue weighted by Gasteiger charge is 2.34. The average molecular weight is 253 g/mol. The molecule has 1 atom stereocenters. The molecule has 1 saturated heterocycles. The van der Waals surface area contributed by atoms with Gasteiger partial charge in [-0.15, -0.1) is 11.3 Å². The highest BCUT2D eigenvalue weighted by atomic mass is 32.1. The van der Waals surface area contributed by atoms with Crippen LogP contribution in [0.15, 0.2) is 11.6 Å². The molecule has 0 saturated carbocycles. The summed E-state index contributed by atoms with van der Waals surface area (Å²) in [5, 5.41) is 7.02. The van der Waals surface area contributed by atoms with E-state index in [0.29, 0.717) is 11.6 Å². The Hall–Kier alpha value is -0.450. The Kier molecular flexibility index (Phi) is 4.17. The van der Waals surface area contributed by atoms with Gasteiger partial charge in [0.2, 0.25) is 0 Å². The van der Waals surface area contributed by atoms with Crippen LogP contribution in [0.1, 0.15) is 44.7 Å². The predicted octanol–water partition coefficient (Wildman–Crippen LogP) is 2.67. The largest absolute Gasteiger partial charge is 0.309 e. The molecule has 1 aromatic rings. The van der Waals surface area contributed by atoms with E-state index in [1.54, 1.807) is 11.3 Å². The van der Waals surface area contributed by atoms with E-state index in [4.69, 9.17) is 0 Å². The first-order valence-electron chi connectivity index (χ1n) is 6.59. The molecule has 17 heavy (non-hydrogen) atoms. The minimum Gasteiger partial charge on any atom is -0.309 e. The molecular weight excluding hydrogens is 230 g/mol. The van der Waals surface area contributed by atoms with Crippen molar-refractivity contribution in [3.05, 3.63) is 16.6 Å². The molecule has 0 amide bonds. The van der Waals surface area contributed by atoms with Crippen molar-refractivity contribution in [1.82, 2.24) is 15.2 Å². The summed E-state index contributed by atoms with van der Waals surface area (Å²) in [5.41, 5.74) is 0.309. The van der Waals surface area contributed by atoms with Crippen molar-refractivity contribution in [2.75, 3.05) is 19.6 Å². The SMILES string of the molecule is CCC1(CC)CN(C(C)c2nccs2)CCN1. The Bertz CT molecular complexity index is 332. The lowest BCUT2D eigenvalue weighted by Crippen LogP contribution is -2.60. The van der Waals surface area contributed by atoms with Crippen LogP contribution in [0, 0.1) is 0 Å². The van der Waals surface area contributed by atoms with Gasteiger partial charge in [-0.1, -0.05) is 13.8 Å². The van der Waals surface area contributed by atoms with E-state index >= 15 is 0 Å². The topological polar surface area (TPSA) is 28.2 Å². The molecule has 1 aromatic heterocycles. The summed E-state index contributed by atoms with van der Waals surface area (Å²) in [6.07, 6.45) is 4.31. The van der Waals surface area contributed by atoms with E-state index in [0.717, 1.165) is 19.6 Å². The fraction of sp³-hybridized carbons (Fsp3) is 0.769. The number of piperazine rings is 1. The maximum absolute atomic E-state index is 4.45. The van der Waals surface area contributed by atoms with Crippen molar-refractivity contribution >= 4 is 11.3 Å². The lowest BCUT2D eigenvalue weighted by molar-refractivity contribution is 0.0918. The van der Waals surface area contributed by atoms with Gasteiger partial charge in [0.25, 0.3) is 0 Å². The van der Waals surface area contributed by atoms with Gasteiger partial charge in [0.1, 0.15) is 5.01 Å². The maximum Gasteiger partial charge on any atom is 0.109 e. The van der Waals surface area contributed by atoms with Crippen LogP contribution in [0.4, 0.5) is 0 Å². The van der Waals surface area contributed by atoms with Crippen molar-refractivity contribution in [3.63, 3.8) is 0 Å². The van der Waals surface area contributed by atoms with Gasteiger partial charge in [0.15, 0.2) is 0 Å². The maximum atomic E-state index is 4.45. The van der Waals surface area contributed by atoms with Crippen LogP contribution in [-0.2, 0) is 0 Å². The standard InChI is InChI=1S/C13H23N3S/c1-4-13(5-2)10-16(8-6-15-13)11(3)12-14-7-9-17-12/h7,9,11,15H,4-6,8,10H2,1-3H3. The number of nitrogens with zero attached hydrogens (tertiary/aromatic N) is 2. The minimum absolute atomic E-state index is 0.309. The Morgan fingerprint density at radius 1 is 1.53 bits per heavy atom. The highest BCUT2D eigenvalue weighted by Crippen LogP contribution is 2.28. The van der Waals surface area contributed by atoms with Crippen LogP contribution >= 0.6 is 11.3 Å². The zero-order chi connectivity index (χ0) is 12.3. The number of nitrogens with one attached hydrogen (secondary N) is 1. The highest BCUT2D eigenvalue weighted by molar-refractivity contribution is 7.09. The Labute approximate surface area is 108 Å². The molecule has 1 N–H and O–H groups in total. The van der Waals surface area contributed by atoms with E-state index in [2.05, 4.69) is 41.4 Å². The third kappa shape index (κ3) is 2.69. The summed E-state index contributed by atoms with van der Waals surface area (Å²) in [4.78, 5) is 7.02. The number of aromatic nitrogens is 1. The molecule has 0 aliphatic carbocycles. The molecule has 1 aliphatic rings. The number of hydrogen-bond donors (Lipinski definition) is 1. The zero-order valence-corrected chi connectivity index (χ0v) is 11.9. The lowest BCUT2D eigenvalue weighted by Gasteiger charge is -2.45. The molecule has 0 radical (unpaired) electrons. The van der Waals surface area contributed by atoms with Gasteiger partial charge in [-0.2, -0.15) is 0 Å². The summed E-state index contributed by atoms with van der Waals surface area (Å²) >= 11 is 1.77. The fourth-order valence-corrected chi connectivity index (χ4v) is 3.37. The smallest absolute Gasteiger partial charge is 0.109 e. The molecule has 0 bridgehead atoms. The predicted molar refractivity (Wildman–Crippen MR) is 73.4 cm³/mol. The third-order valence-electron chi connectivity index (χ3n) is 4.11. The Morgan fingerprint density at radius 2 is 2.29 bits per heavy atom. The first-order valence-corrected chi connectivity index (χ1v) is 7.47. The number of thiazole rings is 1. The van der Waals surface area contributed by atoms with Crippen LogP contribution in [0.25, 0.3) is 0 Å². The normalized spacial score (nSPS) is 22.5. The quantitative estimate of drug-likeness (QED) is 0.894. The molecule has 0 spiro atoms. The minimum atomic E-state index is 0.309. The summed E-state index contributed by atoms with van der Waals surface area (Å²) in [6.45, 7) is 10.2. The van der Waals surface area contributed by atoms with Crippen LogP contribution in [0.3, 0.4) is 0 Å². The first kappa shape index (κ1) is 13.0. The third-order valence-corrected chi connectivity index (χ3v) is 5.06. The van der Waals surface area contributed by atoms with Gasteiger partial charge in [-0.25, -0.2) is 4.98 Å². The average Bonchev–Trinajstić information content (AvgIpc) is 2.91. The van der Waals surface area contributed by atoms with Crippen molar-refractivity contribution in [2.45, 2.75) is 45.2 Å². The summed E-state index contributed by atoms with van der Waals surface area (Å²) in [6, 6.07) is 0.453. The first-order chi connectivity index (χ1) is 8.21. The van der Waals surface area contributed by atoms with E-state index in [1.807, 2.05) is 6.20 Å². The van der Waals surface area contributed by atoms with Crippen molar-refractivity contribution in [1.29, 1.82) is 0 Å². The summed E-state index contributed by atoms with van der Waals surface area (Å²) in [5.74, 6) is 0. The van der Waals surface area contributed by atoms with Gasteiger partial charge in [-0.3, -0.25) is 4.90 Å². The second kappa shape index (κ2) is 5.46. The summed E-state index contributed by atoms with van der Waals surface area (Å²) in [7, 11) is 0. The molecule has 1 fully saturated rings. The summed E-state index contributed by atoms with van der Waals surface area (Å²) < 4.78 is 0. The molecule has 4 heteroatoms. The van der Waals surface area contributed by atoms with Gasteiger partial charge >= 0.3 is 0 Å². The van der Waals surface area contributed by atoms with E-state index in [-0.39, 0.29) is 0 Å². The van der Waals surface area contributed by atoms with Crippen LogP contribution in [-0.4, -0.2) is 35.1 Å². The van der Waals surface area contributed by atoms with Crippen LogP contribution in [0.2, 0.25) is 0 Å². The molecule has 2 heterocycles.